The van der Waals surface area contributed by atoms with Crippen LogP contribution in [-0.2, 0) is 11.8 Å². The SMILES string of the molecule is Cc1cc(C(=O)N[C@H]2CC[C@@H](C(=O)O)C2)c2c(C)nn(C)c2n1. The summed E-state index contributed by atoms with van der Waals surface area (Å²) in [7, 11) is 1.80. The van der Waals surface area contributed by atoms with E-state index in [1.165, 1.54) is 0 Å². The first-order valence-electron chi connectivity index (χ1n) is 7.71. The zero-order chi connectivity index (χ0) is 16.7. The van der Waals surface area contributed by atoms with Crippen molar-refractivity contribution < 1.29 is 14.7 Å². The van der Waals surface area contributed by atoms with Crippen LogP contribution >= 0.6 is 0 Å². The van der Waals surface area contributed by atoms with Gasteiger partial charge in [0, 0.05) is 18.8 Å². The Morgan fingerprint density at radius 3 is 2.74 bits per heavy atom. The third-order valence-corrected chi connectivity index (χ3v) is 4.46. The van der Waals surface area contributed by atoms with Crippen LogP contribution in [0.25, 0.3) is 11.0 Å². The lowest BCUT2D eigenvalue weighted by atomic mass is 10.1. The smallest absolute Gasteiger partial charge is 0.306 e. The van der Waals surface area contributed by atoms with Gasteiger partial charge < -0.3 is 10.4 Å². The second kappa shape index (κ2) is 5.64. The predicted molar refractivity (Wildman–Crippen MR) is 84.2 cm³/mol. The van der Waals surface area contributed by atoms with Crippen LogP contribution in [0, 0.1) is 19.8 Å². The van der Waals surface area contributed by atoms with Gasteiger partial charge in [0.25, 0.3) is 5.91 Å². The fraction of sp³-hybridized carbons (Fsp3) is 0.500. The average molecular weight is 316 g/mol. The summed E-state index contributed by atoms with van der Waals surface area (Å²) in [6.45, 7) is 3.70. The molecule has 7 nitrogen and oxygen atoms in total. The fourth-order valence-electron chi connectivity index (χ4n) is 3.35. The minimum atomic E-state index is -0.785. The summed E-state index contributed by atoms with van der Waals surface area (Å²) < 4.78 is 1.67. The third kappa shape index (κ3) is 2.78. The number of pyridine rings is 1. The van der Waals surface area contributed by atoms with Crippen LogP contribution in [0.3, 0.4) is 0 Å². The van der Waals surface area contributed by atoms with Crippen LogP contribution in [0.5, 0.6) is 0 Å². The molecule has 122 valence electrons. The van der Waals surface area contributed by atoms with Crippen LogP contribution < -0.4 is 5.32 Å². The molecular weight excluding hydrogens is 296 g/mol. The lowest BCUT2D eigenvalue weighted by Gasteiger charge is -2.13. The lowest BCUT2D eigenvalue weighted by Crippen LogP contribution is -2.33. The molecule has 0 radical (unpaired) electrons. The van der Waals surface area contributed by atoms with Crippen molar-refractivity contribution in [1.29, 1.82) is 0 Å². The number of carboxylic acid groups (broad SMARTS) is 1. The molecule has 0 saturated heterocycles. The van der Waals surface area contributed by atoms with E-state index in [9.17, 15) is 9.59 Å². The molecule has 0 spiro atoms. The van der Waals surface area contributed by atoms with Crippen molar-refractivity contribution in [3.63, 3.8) is 0 Å². The molecule has 2 atom stereocenters. The first kappa shape index (κ1) is 15.5. The number of nitrogens with one attached hydrogen (secondary N) is 1. The highest BCUT2D eigenvalue weighted by Crippen LogP contribution is 2.27. The van der Waals surface area contributed by atoms with Crippen LogP contribution in [0.15, 0.2) is 6.07 Å². The average Bonchev–Trinajstić information content (AvgIpc) is 3.04. The van der Waals surface area contributed by atoms with Gasteiger partial charge in [-0.05, 0) is 39.2 Å². The molecular formula is C16H20N4O3. The molecule has 1 saturated carbocycles. The van der Waals surface area contributed by atoms with E-state index in [1.54, 1.807) is 17.8 Å². The molecule has 3 rings (SSSR count). The highest BCUT2D eigenvalue weighted by molar-refractivity contribution is 6.06. The number of hydrogen-bond acceptors (Lipinski definition) is 4. The molecule has 7 heteroatoms. The second-order valence-electron chi connectivity index (χ2n) is 6.24. The Bertz CT molecular complexity index is 796. The quantitative estimate of drug-likeness (QED) is 0.896. The predicted octanol–water partition coefficient (Wildman–Crippen LogP) is 1.57. The zero-order valence-corrected chi connectivity index (χ0v) is 13.5. The van der Waals surface area contributed by atoms with E-state index >= 15 is 0 Å². The van der Waals surface area contributed by atoms with Crippen molar-refractivity contribution in [3.05, 3.63) is 23.0 Å². The Hall–Kier alpha value is -2.44. The van der Waals surface area contributed by atoms with Crippen LogP contribution in [0.1, 0.15) is 41.0 Å². The van der Waals surface area contributed by atoms with Gasteiger partial charge in [-0.15, -0.1) is 0 Å². The number of aliphatic carboxylic acids is 1. The summed E-state index contributed by atoms with van der Waals surface area (Å²) in [5, 5.41) is 17.1. The number of aromatic nitrogens is 3. The van der Waals surface area contributed by atoms with E-state index in [0.717, 1.165) is 16.8 Å². The molecule has 1 fully saturated rings. The number of nitrogens with zero attached hydrogens (tertiary/aromatic N) is 3. The monoisotopic (exact) mass is 316 g/mol. The van der Waals surface area contributed by atoms with Crippen molar-refractivity contribution in [2.75, 3.05) is 0 Å². The summed E-state index contributed by atoms with van der Waals surface area (Å²) in [6, 6.07) is 1.67. The van der Waals surface area contributed by atoms with Crippen LogP contribution in [0.2, 0.25) is 0 Å². The van der Waals surface area contributed by atoms with Gasteiger partial charge >= 0.3 is 5.97 Å². The first-order chi connectivity index (χ1) is 10.9. The summed E-state index contributed by atoms with van der Waals surface area (Å²) in [6.07, 6.45) is 1.79. The molecule has 1 aliphatic rings. The minimum Gasteiger partial charge on any atom is -0.481 e. The van der Waals surface area contributed by atoms with Gasteiger partial charge in [-0.2, -0.15) is 5.10 Å². The number of hydrogen-bond donors (Lipinski definition) is 2. The Kier molecular flexibility index (Phi) is 3.79. The Morgan fingerprint density at radius 2 is 2.09 bits per heavy atom. The number of carbonyl (C=O) groups excluding carboxylic acids is 1. The molecule has 1 amide bonds. The fourth-order valence-corrected chi connectivity index (χ4v) is 3.35. The van der Waals surface area contributed by atoms with E-state index in [1.807, 2.05) is 13.8 Å². The van der Waals surface area contributed by atoms with Gasteiger partial charge in [0.2, 0.25) is 0 Å². The molecule has 0 bridgehead atoms. The number of rotatable bonds is 3. The van der Waals surface area contributed by atoms with E-state index < -0.39 is 5.97 Å². The highest BCUT2D eigenvalue weighted by Gasteiger charge is 2.31. The maximum Gasteiger partial charge on any atom is 0.306 e. The largest absolute Gasteiger partial charge is 0.481 e. The molecule has 2 aromatic rings. The van der Waals surface area contributed by atoms with E-state index in [-0.39, 0.29) is 17.9 Å². The molecule has 2 N–H and O–H groups in total. The molecule has 0 aromatic carbocycles. The third-order valence-electron chi connectivity index (χ3n) is 4.46. The number of carboxylic acids is 1. The van der Waals surface area contributed by atoms with Crippen molar-refractivity contribution >= 4 is 22.9 Å². The maximum absolute atomic E-state index is 12.7. The van der Waals surface area contributed by atoms with Gasteiger partial charge in [-0.1, -0.05) is 0 Å². The Labute approximate surface area is 133 Å². The summed E-state index contributed by atoms with van der Waals surface area (Å²) in [4.78, 5) is 28.2. The maximum atomic E-state index is 12.7. The number of fused-ring (bicyclic) bond motifs is 1. The van der Waals surface area contributed by atoms with E-state index in [0.29, 0.717) is 30.5 Å². The Morgan fingerprint density at radius 1 is 1.35 bits per heavy atom. The molecule has 0 aliphatic heterocycles. The highest BCUT2D eigenvalue weighted by atomic mass is 16.4. The van der Waals surface area contributed by atoms with Crippen LogP contribution in [-0.4, -0.2) is 37.8 Å². The summed E-state index contributed by atoms with van der Waals surface area (Å²) >= 11 is 0. The van der Waals surface area contributed by atoms with Gasteiger partial charge in [0.15, 0.2) is 5.65 Å². The van der Waals surface area contributed by atoms with Crippen molar-refractivity contribution in [2.24, 2.45) is 13.0 Å². The van der Waals surface area contributed by atoms with Gasteiger partial charge in [0.1, 0.15) is 0 Å². The first-order valence-corrected chi connectivity index (χ1v) is 7.71. The van der Waals surface area contributed by atoms with E-state index in [4.69, 9.17) is 5.11 Å². The molecule has 2 heterocycles. The number of amides is 1. The zero-order valence-electron chi connectivity index (χ0n) is 13.5. The Balaban J connectivity index is 1.88. The standard InChI is InChI=1S/C16H20N4O3/c1-8-6-12(13-9(2)19-20(3)14(13)17-8)15(21)18-11-5-4-10(7-11)16(22)23/h6,10-11H,4-5,7H2,1-3H3,(H,18,21)(H,22,23)/t10-,11+/m1/s1. The van der Waals surface area contributed by atoms with Crippen molar-refractivity contribution in [1.82, 2.24) is 20.1 Å². The summed E-state index contributed by atoms with van der Waals surface area (Å²) in [5.41, 5.74) is 2.75. The van der Waals surface area contributed by atoms with Gasteiger partial charge in [0.05, 0.1) is 22.6 Å². The normalized spacial score (nSPS) is 20.8. The number of carbonyl (C=O) groups is 2. The molecule has 0 unspecified atom stereocenters. The van der Waals surface area contributed by atoms with Gasteiger partial charge in [-0.3, -0.25) is 14.3 Å². The topological polar surface area (TPSA) is 97.1 Å². The molecule has 2 aromatic heterocycles. The van der Waals surface area contributed by atoms with Crippen molar-refractivity contribution in [3.8, 4) is 0 Å². The van der Waals surface area contributed by atoms with Crippen LogP contribution in [0.4, 0.5) is 0 Å². The molecule has 1 aliphatic carbocycles. The second-order valence-corrected chi connectivity index (χ2v) is 6.24. The van der Waals surface area contributed by atoms with Crippen molar-refractivity contribution in [2.45, 2.75) is 39.2 Å². The minimum absolute atomic E-state index is 0.0934. The van der Waals surface area contributed by atoms with Gasteiger partial charge in [-0.25, -0.2) is 4.98 Å². The number of aryl methyl sites for hydroxylation is 3. The van der Waals surface area contributed by atoms with E-state index in [2.05, 4.69) is 15.4 Å². The lowest BCUT2D eigenvalue weighted by molar-refractivity contribution is -0.141. The molecule has 23 heavy (non-hydrogen) atoms. The summed E-state index contributed by atoms with van der Waals surface area (Å²) in [5.74, 6) is -1.33.